The van der Waals surface area contributed by atoms with E-state index in [0.717, 1.165) is 31.2 Å². The molecule has 0 aliphatic heterocycles. The van der Waals surface area contributed by atoms with Crippen molar-refractivity contribution < 1.29 is 9.21 Å². The molecule has 4 rings (SSSR count). The van der Waals surface area contributed by atoms with Crippen molar-refractivity contribution in [1.29, 1.82) is 0 Å². The number of nitrogens with zero attached hydrogens (tertiary/aromatic N) is 4. The average molecular weight is 400 g/mol. The summed E-state index contributed by atoms with van der Waals surface area (Å²) < 4.78 is 7.45. The van der Waals surface area contributed by atoms with Crippen LogP contribution in [0.1, 0.15) is 51.1 Å². The van der Waals surface area contributed by atoms with Crippen molar-refractivity contribution in [2.24, 2.45) is 0 Å². The van der Waals surface area contributed by atoms with E-state index in [2.05, 4.69) is 20.6 Å². The zero-order chi connectivity index (χ0) is 19.7. The van der Waals surface area contributed by atoms with Gasteiger partial charge in [-0.15, -0.1) is 5.10 Å². The van der Waals surface area contributed by atoms with Gasteiger partial charge in [-0.05, 0) is 50.5 Å². The molecule has 1 aliphatic rings. The summed E-state index contributed by atoms with van der Waals surface area (Å²) >= 11 is 6.01. The monoisotopic (exact) mass is 399 g/mol. The molecule has 0 saturated heterocycles. The topological polar surface area (TPSA) is 85.8 Å². The maximum atomic E-state index is 13.2. The van der Waals surface area contributed by atoms with Crippen molar-refractivity contribution in [2.45, 2.75) is 51.0 Å². The summed E-state index contributed by atoms with van der Waals surface area (Å²) in [7, 11) is 0. The minimum absolute atomic E-state index is 0.0827. The van der Waals surface area contributed by atoms with E-state index in [1.165, 1.54) is 0 Å². The molecule has 2 heterocycles. The van der Waals surface area contributed by atoms with Gasteiger partial charge in [0.1, 0.15) is 5.69 Å². The Bertz CT molecular complexity index is 971. The number of aromatic nitrogens is 4. The molecule has 1 aliphatic carbocycles. The third-order valence-electron chi connectivity index (χ3n) is 5.29. The van der Waals surface area contributed by atoms with E-state index in [1.54, 1.807) is 0 Å². The molecule has 0 unspecified atom stereocenters. The average Bonchev–Trinajstić information content (AvgIpc) is 3.42. The van der Waals surface area contributed by atoms with Gasteiger partial charge in [-0.1, -0.05) is 41.7 Å². The van der Waals surface area contributed by atoms with Crippen LogP contribution >= 0.6 is 11.6 Å². The Hall–Kier alpha value is -2.67. The predicted molar refractivity (Wildman–Crippen MR) is 106 cm³/mol. The van der Waals surface area contributed by atoms with E-state index < -0.39 is 5.41 Å². The Labute approximate surface area is 168 Å². The number of benzene rings is 1. The molecule has 1 amide bonds. The lowest BCUT2D eigenvalue weighted by Gasteiger charge is -2.27. The van der Waals surface area contributed by atoms with Crippen LogP contribution in [-0.4, -0.2) is 25.9 Å². The molecule has 146 valence electrons. The van der Waals surface area contributed by atoms with Gasteiger partial charge in [-0.25, -0.2) is 0 Å². The minimum atomic E-state index is -0.599. The molecule has 7 nitrogen and oxygen atoms in total. The highest BCUT2D eigenvalue weighted by Crippen LogP contribution is 2.42. The highest BCUT2D eigenvalue weighted by molar-refractivity contribution is 6.30. The number of nitrogens with one attached hydrogen (secondary N) is 1. The van der Waals surface area contributed by atoms with Gasteiger partial charge < -0.3 is 4.42 Å². The van der Waals surface area contributed by atoms with Crippen LogP contribution in [0.25, 0.3) is 11.6 Å². The summed E-state index contributed by atoms with van der Waals surface area (Å²) in [6, 6.07) is 9.61. The molecule has 0 radical (unpaired) electrons. The van der Waals surface area contributed by atoms with Crippen molar-refractivity contribution in [2.75, 3.05) is 5.32 Å². The largest absolute Gasteiger partial charge is 0.401 e. The Morgan fingerprint density at radius 1 is 1.18 bits per heavy atom. The number of carbonyl (C=O) groups excluding carboxylic acids is 1. The van der Waals surface area contributed by atoms with Crippen molar-refractivity contribution in [3.8, 4) is 11.6 Å². The molecule has 0 atom stereocenters. The summed E-state index contributed by atoms with van der Waals surface area (Å²) in [5.41, 5.74) is 0.940. The summed E-state index contributed by atoms with van der Waals surface area (Å²) in [6.07, 6.45) is 5.41. The van der Waals surface area contributed by atoms with Gasteiger partial charge in [0.2, 0.25) is 5.91 Å². The van der Waals surface area contributed by atoms with Gasteiger partial charge >= 0.3 is 6.01 Å². The number of hydrogen-bond donors (Lipinski definition) is 1. The van der Waals surface area contributed by atoms with Gasteiger partial charge in [0.25, 0.3) is 5.89 Å². The SMILES string of the molecule is CC(C)n1ccc(-c2nnc(NC(=O)C3(c4ccc(Cl)cc4)CCCC3)o2)n1. The van der Waals surface area contributed by atoms with E-state index in [4.69, 9.17) is 16.0 Å². The van der Waals surface area contributed by atoms with Gasteiger partial charge in [0, 0.05) is 17.3 Å². The van der Waals surface area contributed by atoms with Crippen LogP contribution in [0.4, 0.5) is 6.01 Å². The number of halogens is 1. The second kappa shape index (κ2) is 7.39. The number of rotatable bonds is 5. The zero-order valence-electron chi connectivity index (χ0n) is 15.9. The van der Waals surface area contributed by atoms with E-state index >= 15 is 0 Å². The quantitative estimate of drug-likeness (QED) is 0.676. The van der Waals surface area contributed by atoms with E-state index in [-0.39, 0.29) is 23.9 Å². The maximum Gasteiger partial charge on any atom is 0.322 e. The third-order valence-corrected chi connectivity index (χ3v) is 5.54. The fourth-order valence-corrected chi connectivity index (χ4v) is 3.85. The van der Waals surface area contributed by atoms with Crippen LogP contribution in [0, 0.1) is 0 Å². The molecule has 1 N–H and O–H groups in total. The molecule has 1 aromatic carbocycles. The summed E-state index contributed by atoms with van der Waals surface area (Å²) in [5, 5.41) is 15.9. The number of anilines is 1. The molecular formula is C20H22ClN5O2. The number of carbonyl (C=O) groups is 1. The fourth-order valence-electron chi connectivity index (χ4n) is 3.73. The van der Waals surface area contributed by atoms with E-state index in [1.807, 2.05) is 55.1 Å². The Morgan fingerprint density at radius 2 is 1.89 bits per heavy atom. The number of hydrogen-bond acceptors (Lipinski definition) is 5. The van der Waals surface area contributed by atoms with Gasteiger partial charge in [-0.3, -0.25) is 14.8 Å². The van der Waals surface area contributed by atoms with Crippen LogP contribution in [0.3, 0.4) is 0 Å². The highest BCUT2D eigenvalue weighted by Gasteiger charge is 2.43. The Balaban J connectivity index is 1.55. The van der Waals surface area contributed by atoms with Gasteiger partial charge in [0.05, 0.1) is 5.41 Å². The minimum Gasteiger partial charge on any atom is -0.401 e. The lowest BCUT2D eigenvalue weighted by Crippen LogP contribution is -2.38. The maximum absolute atomic E-state index is 13.2. The second-order valence-corrected chi connectivity index (χ2v) is 7.87. The fraction of sp³-hybridized carbons (Fsp3) is 0.400. The van der Waals surface area contributed by atoms with Gasteiger partial charge in [0.15, 0.2) is 0 Å². The summed E-state index contributed by atoms with van der Waals surface area (Å²) in [4.78, 5) is 13.2. The zero-order valence-corrected chi connectivity index (χ0v) is 16.6. The molecular weight excluding hydrogens is 378 g/mol. The lowest BCUT2D eigenvalue weighted by molar-refractivity contribution is -0.121. The van der Waals surface area contributed by atoms with Crippen molar-refractivity contribution in [3.63, 3.8) is 0 Å². The Kier molecular flexibility index (Phi) is 4.93. The second-order valence-electron chi connectivity index (χ2n) is 7.44. The first kappa shape index (κ1) is 18.7. The van der Waals surface area contributed by atoms with Crippen molar-refractivity contribution in [3.05, 3.63) is 47.1 Å². The molecule has 0 spiro atoms. The van der Waals surface area contributed by atoms with Crippen LogP contribution < -0.4 is 5.32 Å². The van der Waals surface area contributed by atoms with Crippen LogP contribution in [0.5, 0.6) is 0 Å². The first-order valence-electron chi connectivity index (χ1n) is 9.44. The number of amides is 1. The summed E-state index contributed by atoms with van der Waals surface area (Å²) in [5.74, 6) is 0.150. The summed E-state index contributed by atoms with van der Waals surface area (Å²) in [6.45, 7) is 4.07. The molecule has 1 fully saturated rings. The van der Waals surface area contributed by atoms with Crippen molar-refractivity contribution >= 4 is 23.5 Å². The third kappa shape index (κ3) is 3.42. The van der Waals surface area contributed by atoms with Crippen LogP contribution in [0.2, 0.25) is 5.02 Å². The molecule has 8 heteroatoms. The van der Waals surface area contributed by atoms with Crippen LogP contribution in [-0.2, 0) is 10.2 Å². The van der Waals surface area contributed by atoms with Crippen molar-refractivity contribution in [1.82, 2.24) is 20.0 Å². The molecule has 1 saturated carbocycles. The van der Waals surface area contributed by atoms with Gasteiger partial charge in [-0.2, -0.15) is 5.10 Å². The normalized spacial score (nSPS) is 15.9. The van der Waals surface area contributed by atoms with Crippen LogP contribution in [0.15, 0.2) is 40.9 Å². The first-order chi connectivity index (χ1) is 13.5. The molecule has 28 heavy (non-hydrogen) atoms. The smallest absolute Gasteiger partial charge is 0.322 e. The molecule has 2 aromatic heterocycles. The lowest BCUT2D eigenvalue weighted by atomic mass is 9.78. The molecule has 3 aromatic rings. The van der Waals surface area contributed by atoms with E-state index in [0.29, 0.717) is 10.7 Å². The standard InChI is InChI=1S/C20H22ClN5O2/c1-13(2)26-12-9-16(25-26)17-23-24-19(28-17)22-18(27)20(10-3-4-11-20)14-5-7-15(21)8-6-14/h5-9,12-13H,3-4,10-11H2,1-2H3,(H,22,24,27). The molecule has 0 bridgehead atoms. The highest BCUT2D eigenvalue weighted by atomic mass is 35.5. The Morgan fingerprint density at radius 3 is 2.54 bits per heavy atom. The van der Waals surface area contributed by atoms with E-state index in [9.17, 15) is 4.79 Å². The first-order valence-corrected chi connectivity index (χ1v) is 9.82. The predicted octanol–water partition coefficient (Wildman–Crippen LogP) is 4.62.